The van der Waals surface area contributed by atoms with Gasteiger partial charge in [0.1, 0.15) is 17.3 Å². The topological polar surface area (TPSA) is 75.7 Å². The maximum atomic E-state index is 14.4. The van der Waals surface area contributed by atoms with Gasteiger partial charge >= 0.3 is 6.18 Å². The van der Waals surface area contributed by atoms with Crippen LogP contribution in [0.3, 0.4) is 0 Å². The summed E-state index contributed by atoms with van der Waals surface area (Å²) in [7, 11) is 0. The molecule has 0 heterocycles. The van der Waals surface area contributed by atoms with E-state index in [1.807, 2.05) is 0 Å². The van der Waals surface area contributed by atoms with Gasteiger partial charge in [-0.25, -0.2) is 4.39 Å². The summed E-state index contributed by atoms with van der Waals surface area (Å²) in [5.74, 6) is -1.01. The van der Waals surface area contributed by atoms with E-state index in [9.17, 15) is 22.7 Å². The summed E-state index contributed by atoms with van der Waals surface area (Å²) in [4.78, 5) is 0. The maximum absolute atomic E-state index is 14.4. The number of aliphatic hydroxyl groups excluding tert-OH is 2. The molecule has 0 aliphatic heterocycles. The molecular weight excluding hydrogens is 366 g/mol. The average molecular weight is 387 g/mol. The second-order valence-corrected chi connectivity index (χ2v) is 6.36. The summed E-state index contributed by atoms with van der Waals surface area (Å²) in [6, 6.07) is 7.44. The Morgan fingerprint density at radius 1 is 1.11 bits per heavy atom. The van der Waals surface area contributed by atoms with Crippen LogP contribution in [0.25, 0.3) is 0 Å². The van der Waals surface area contributed by atoms with Crippen molar-refractivity contribution in [3.63, 3.8) is 0 Å². The van der Waals surface area contributed by atoms with Crippen molar-refractivity contribution < 1.29 is 32.5 Å². The lowest BCUT2D eigenvalue weighted by molar-refractivity contribution is -0.137. The monoisotopic (exact) mass is 387 g/mol. The minimum atomic E-state index is -4.50. The van der Waals surface area contributed by atoms with Crippen molar-refractivity contribution >= 4 is 0 Å². The number of hydrogen-bond acceptors (Lipinski definition) is 4. The van der Waals surface area contributed by atoms with Gasteiger partial charge in [-0.05, 0) is 42.2 Å². The van der Waals surface area contributed by atoms with Gasteiger partial charge in [0.2, 0.25) is 0 Å². The van der Waals surface area contributed by atoms with E-state index in [1.165, 1.54) is 24.3 Å². The van der Waals surface area contributed by atoms with Crippen LogP contribution < -0.4 is 10.5 Å². The molecule has 148 valence electrons. The van der Waals surface area contributed by atoms with E-state index >= 15 is 0 Å². The van der Waals surface area contributed by atoms with Crippen molar-refractivity contribution in [2.75, 3.05) is 6.61 Å². The highest BCUT2D eigenvalue weighted by Gasteiger charge is 2.30. The number of hydrogen-bond donors (Lipinski definition) is 3. The first-order chi connectivity index (χ1) is 12.6. The normalized spacial score (nSPS) is 15.3. The van der Waals surface area contributed by atoms with Gasteiger partial charge in [-0.3, -0.25) is 0 Å². The Morgan fingerprint density at radius 3 is 2.37 bits per heavy atom. The highest BCUT2D eigenvalue weighted by Crippen LogP contribution is 2.33. The molecule has 3 unspecified atom stereocenters. The minimum absolute atomic E-state index is 0.0513. The number of ether oxygens (including phenoxy) is 1. The molecule has 2 rings (SSSR count). The molecule has 8 heteroatoms. The lowest BCUT2D eigenvalue weighted by Gasteiger charge is -2.21. The number of rotatable bonds is 7. The second kappa shape index (κ2) is 8.69. The second-order valence-electron chi connectivity index (χ2n) is 6.36. The van der Waals surface area contributed by atoms with E-state index in [4.69, 9.17) is 15.6 Å². The van der Waals surface area contributed by atoms with Gasteiger partial charge in [-0.2, -0.15) is 13.2 Å². The van der Waals surface area contributed by atoms with Gasteiger partial charge in [0, 0.05) is 6.07 Å². The number of halogens is 4. The van der Waals surface area contributed by atoms with Crippen LogP contribution in [0.15, 0.2) is 42.5 Å². The Bertz CT molecular complexity index is 767. The molecule has 2 aromatic carbocycles. The van der Waals surface area contributed by atoms with Crippen molar-refractivity contribution in [1.29, 1.82) is 0 Å². The van der Waals surface area contributed by atoms with Crippen LogP contribution in [0.5, 0.6) is 11.5 Å². The zero-order chi connectivity index (χ0) is 20.2. The Balaban J connectivity index is 2.13. The van der Waals surface area contributed by atoms with Gasteiger partial charge in [0.15, 0.2) is 0 Å². The van der Waals surface area contributed by atoms with E-state index in [0.29, 0.717) is 5.56 Å². The van der Waals surface area contributed by atoms with E-state index in [1.54, 1.807) is 6.92 Å². The van der Waals surface area contributed by atoms with Gasteiger partial charge in [-0.1, -0.05) is 19.1 Å². The molecule has 0 aliphatic rings. The summed E-state index contributed by atoms with van der Waals surface area (Å²) in [5, 5.41) is 18.8. The summed E-state index contributed by atoms with van der Waals surface area (Å²) in [6.45, 7) is 1.30. The summed E-state index contributed by atoms with van der Waals surface area (Å²) in [5.41, 5.74) is 4.98. The molecule has 0 aliphatic carbocycles. The lowest BCUT2D eigenvalue weighted by Crippen LogP contribution is -2.38. The van der Waals surface area contributed by atoms with Crippen LogP contribution in [0, 0.1) is 5.82 Å². The molecule has 27 heavy (non-hydrogen) atoms. The van der Waals surface area contributed by atoms with Crippen molar-refractivity contribution in [1.82, 2.24) is 0 Å². The first kappa shape index (κ1) is 21.1. The van der Waals surface area contributed by atoms with E-state index in [0.717, 1.165) is 18.2 Å². The van der Waals surface area contributed by atoms with Crippen LogP contribution in [0.2, 0.25) is 0 Å². The first-order valence-corrected chi connectivity index (χ1v) is 8.31. The molecule has 0 bridgehead atoms. The number of nitrogens with two attached hydrogens (primary N) is 1. The zero-order valence-electron chi connectivity index (χ0n) is 14.6. The third kappa shape index (κ3) is 5.66. The molecule has 4 nitrogen and oxygen atoms in total. The highest BCUT2D eigenvalue weighted by atomic mass is 19.4. The molecule has 0 saturated carbocycles. The molecular formula is C19H21F4NO3. The van der Waals surface area contributed by atoms with Crippen LogP contribution in [0.4, 0.5) is 17.6 Å². The number of aliphatic hydroxyl groups is 2. The maximum Gasteiger partial charge on any atom is 0.416 e. The van der Waals surface area contributed by atoms with E-state index < -0.39 is 29.7 Å². The Labute approximate surface area is 154 Å². The molecule has 3 atom stereocenters. The fourth-order valence-corrected chi connectivity index (χ4v) is 2.63. The predicted molar refractivity (Wildman–Crippen MR) is 92.0 cm³/mol. The smallest absolute Gasteiger partial charge is 0.416 e. The summed E-state index contributed by atoms with van der Waals surface area (Å²) in [6.07, 6.45) is -5.35. The highest BCUT2D eigenvalue weighted by molar-refractivity contribution is 5.37. The molecule has 0 spiro atoms. The minimum Gasteiger partial charge on any atom is -0.457 e. The van der Waals surface area contributed by atoms with E-state index in [2.05, 4.69) is 0 Å². The first-order valence-electron chi connectivity index (χ1n) is 8.31. The van der Waals surface area contributed by atoms with Crippen LogP contribution in [-0.2, 0) is 6.18 Å². The van der Waals surface area contributed by atoms with Crippen molar-refractivity contribution in [3.8, 4) is 11.5 Å². The van der Waals surface area contributed by atoms with Crippen LogP contribution >= 0.6 is 0 Å². The molecule has 0 fully saturated rings. The van der Waals surface area contributed by atoms with Gasteiger partial charge in [-0.15, -0.1) is 0 Å². The molecule has 0 amide bonds. The van der Waals surface area contributed by atoms with Gasteiger partial charge < -0.3 is 20.7 Å². The van der Waals surface area contributed by atoms with Crippen molar-refractivity contribution in [3.05, 3.63) is 59.4 Å². The van der Waals surface area contributed by atoms with Gasteiger partial charge in [0.05, 0.1) is 24.3 Å². The largest absolute Gasteiger partial charge is 0.457 e. The fourth-order valence-electron chi connectivity index (χ4n) is 2.63. The third-order valence-corrected chi connectivity index (χ3v) is 4.20. The fraction of sp³-hybridized carbons (Fsp3) is 0.368. The quantitative estimate of drug-likeness (QED) is 0.632. The Hall–Kier alpha value is -2.16. The number of alkyl halides is 3. The molecule has 2 aromatic rings. The predicted octanol–water partition coefficient (Wildman–Crippen LogP) is 3.81. The summed E-state index contributed by atoms with van der Waals surface area (Å²) >= 11 is 0. The lowest BCUT2D eigenvalue weighted by atomic mass is 9.92. The average Bonchev–Trinajstić information content (AvgIpc) is 2.60. The van der Waals surface area contributed by atoms with Crippen LogP contribution in [-0.4, -0.2) is 29.0 Å². The molecule has 0 radical (unpaired) electrons. The Kier molecular flexibility index (Phi) is 6.80. The van der Waals surface area contributed by atoms with E-state index in [-0.39, 0.29) is 30.4 Å². The number of benzene rings is 2. The van der Waals surface area contributed by atoms with Crippen LogP contribution in [0.1, 0.15) is 30.4 Å². The summed E-state index contributed by atoms with van der Waals surface area (Å²) < 4.78 is 57.9. The van der Waals surface area contributed by atoms with Crippen molar-refractivity contribution in [2.45, 2.75) is 37.6 Å². The van der Waals surface area contributed by atoms with Crippen molar-refractivity contribution in [2.24, 2.45) is 5.73 Å². The van der Waals surface area contributed by atoms with Gasteiger partial charge in [0.25, 0.3) is 0 Å². The molecule has 0 aromatic heterocycles. The Morgan fingerprint density at radius 2 is 1.78 bits per heavy atom. The molecule has 4 N–H and O–H groups in total. The zero-order valence-corrected chi connectivity index (χ0v) is 14.6. The SMILES string of the molecule is CC(CC(O)C(N)CO)c1ccc(Oc2cccc(C(F)(F)F)c2)cc1F. The third-order valence-electron chi connectivity index (χ3n) is 4.20. The standard InChI is InChI=1S/C19H21F4NO3/c1-11(7-18(26)17(24)10-25)15-6-5-14(9-16(15)20)27-13-4-2-3-12(8-13)19(21,22)23/h2-6,8-9,11,17-18,25-26H,7,10,24H2,1H3. The molecule has 0 saturated heterocycles.